The number of likely N-dealkylation sites (tertiary alicyclic amines) is 1. The van der Waals surface area contributed by atoms with E-state index in [-0.39, 0.29) is 18.0 Å². The maximum Gasteiger partial charge on any atom is 0.338 e. The van der Waals surface area contributed by atoms with E-state index < -0.39 is 12.1 Å². The molecule has 2 fully saturated rings. The zero-order valence-electron chi connectivity index (χ0n) is 15.7. The summed E-state index contributed by atoms with van der Waals surface area (Å²) >= 11 is 0. The molecule has 3 amide bonds. The summed E-state index contributed by atoms with van der Waals surface area (Å²) in [5, 5.41) is 5.55. The second-order valence-electron chi connectivity index (χ2n) is 7.24. The van der Waals surface area contributed by atoms with Gasteiger partial charge in [0.1, 0.15) is 0 Å². The van der Waals surface area contributed by atoms with E-state index >= 15 is 0 Å². The van der Waals surface area contributed by atoms with Crippen LogP contribution in [0, 0.1) is 0 Å². The van der Waals surface area contributed by atoms with E-state index in [2.05, 4.69) is 10.6 Å². The van der Waals surface area contributed by atoms with Gasteiger partial charge in [-0.15, -0.1) is 0 Å². The highest BCUT2D eigenvalue weighted by Gasteiger charge is 2.25. The number of hydrogen-bond donors (Lipinski definition) is 2. The van der Waals surface area contributed by atoms with Crippen molar-refractivity contribution >= 4 is 23.6 Å². The Balaban J connectivity index is 1.50. The van der Waals surface area contributed by atoms with Crippen LogP contribution in [0.4, 0.5) is 10.5 Å². The molecular formula is C20H27N3O4. The standard InChI is InChI=1S/C20H27N3O4/c1-14(18(24)23-12-4-2-3-5-13-23)27-19(25)15-6-8-16(9-7-15)21-20(26)22-17-10-11-17/h6-9,14,17H,2-5,10-13H2,1H3,(H2,21,22,26)/t14-/m0/s1. The van der Waals surface area contributed by atoms with Crippen LogP contribution < -0.4 is 10.6 Å². The van der Waals surface area contributed by atoms with E-state index in [9.17, 15) is 14.4 Å². The van der Waals surface area contributed by atoms with Crippen LogP contribution in [0.25, 0.3) is 0 Å². The molecule has 1 atom stereocenters. The smallest absolute Gasteiger partial charge is 0.338 e. The van der Waals surface area contributed by atoms with Crippen LogP contribution >= 0.6 is 0 Å². The molecule has 1 saturated carbocycles. The summed E-state index contributed by atoms with van der Waals surface area (Å²) < 4.78 is 5.34. The zero-order valence-corrected chi connectivity index (χ0v) is 15.7. The van der Waals surface area contributed by atoms with Gasteiger partial charge < -0.3 is 20.3 Å². The average Bonchev–Trinajstić information content (AvgIpc) is 3.48. The minimum atomic E-state index is -0.808. The van der Waals surface area contributed by atoms with Gasteiger partial charge >= 0.3 is 12.0 Å². The third kappa shape index (κ3) is 5.70. The van der Waals surface area contributed by atoms with Gasteiger partial charge in [-0.3, -0.25) is 4.79 Å². The molecule has 1 heterocycles. The van der Waals surface area contributed by atoms with Crippen LogP contribution in [0.3, 0.4) is 0 Å². The molecule has 2 aliphatic rings. The number of carbonyl (C=O) groups excluding carboxylic acids is 3. The number of urea groups is 1. The molecule has 0 unspecified atom stereocenters. The van der Waals surface area contributed by atoms with Crippen molar-refractivity contribution in [2.75, 3.05) is 18.4 Å². The number of rotatable bonds is 5. The maximum atomic E-state index is 12.5. The molecule has 0 aromatic heterocycles. The molecule has 27 heavy (non-hydrogen) atoms. The first-order valence-corrected chi connectivity index (χ1v) is 9.70. The molecule has 7 nitrogen and oxygen atoms in total. The maximum absolute atomic E-state index is 12.5. The zero-order chi connectivity index (χ0) is 19.2. The largest absolute Gasteiger partial charge is 0.449 e. The topological polar surface area (TPSA) is 87.7 Å². The number of ether oxygens (including phenoxy) is 1. The molecule has 2 N–H and O–H groups in total. The lowest BCUT2D eigenvalue weighted by Crippen LogP contribution is -2.40. The highest BCUT2D eigenvalue weighted by Crippen LogP contribution is 2.19. The van der Waals surface area contributed by atoms with Gasteiger partial charge in [0.15, 0.2) is 6.10 Å². The number of nitrogens with zero attached hydrogens (tertiary/aromatic N) is 1. The fraction of sp³-hybridized carbons (Fsp3) is 0.550. The summed E-state index contributed by atoms with van der Waals surface area (Å²) in [5.74, 6) is -0.681. The van der Waals surface area contributed by atoms with Crippen molar-refractivity contribution in [3.8, 4) is 0 Å². The Hall–Kier alpha value is -2.57. The monoisotopic (exact) mass is 373 g/mol. The summed E-state index contributed by atoms with van der Waals surface area (Å²) in [6.07, 6.45) is 5.50. The van der Waals surface area contributed by atoms with E-state index in [1.807, 2.05) is 0 Å². The van der Waals surface area contributed by atoms with Crippen LogP contribution in [0.1, 0.15) is 55.8 Å². The van der Waals surface area contributed by atoms with E-state index in [0.717, 1.165) is 51.6 Å². The molecule has 1 aliphatic carbocycles. The fourth-order valence-electron chi connectivity index (χ4n) is 3.10. The van der Waals surface area contributed by atoms with Gasteiger partial charge in [-0.2, -0.15) is 0 Å². The SMILES string of the molecule is C[C@H](OC(=O)c1ccc(NC(=O)NC2CC2)cc1)C(=O)N1CCCCCC1. The minimum absolute atomic E-state index is 0.139. The van der Waals surface area contributed by atoms with Gasteiger partial charge in [0, 0.05) is 24.8 Å². The molecule has 146 valence electrons. The molecule has 1 saturated heterocycles. The Morgan fingerprint density at radius 3 is 2.26 bits per heavy atom. The Labute approximate surface area is 159 Å². The predicted molar refractivity (Wildman–Crippen MR) is 102 cm³/mol. The van der Waals surface area contributed by atoms with Crippen molar-refractivity contribution in [3.63, 3.8) is 0 Å². The third-order valence-electron chi connectivity index (χ3n) is 4.84. The second kappa shape index (κ2) is 8.88. The summed E-state index contributed by atoms with van der Waals surface area (Å²) in [6, 6.07) is 6.48. The Morgan fingerprint density at radius 2 is 1.67 bits per heavy atom. The Morgan fingerprint density at radius 1 is 1.04 bits per heavy atom. The first kappa shape index (κ1) is 19.2. The highest BCUT2D eigenvalue weighted by atomic mass is 16.5. The number of hydrogen-bond acceptors (Lipinski definition) is 4. The van der Waals surface area contributed by atoms with Crippen molar-refractivity contribution in [1.82, 2.24) is 10.2 Å². The second-order valence-corrected chi connectivity index (χ2v) is 7.24. The van der Waals surface area contributed by atoms with Crippen LogP contribution in [0.5, 0.6) is 0 Å². The van der Waals surface area contributed by atoms with Gasteiger partial charge in [-0.1, -0.05) is 12.8 Å². The quantitative estimate of drug-likeness (QED) is 0.777. The lowest BCUT2D eigenvalue weighted by Gasteiger charge is -2.24. The predicted octanol–water partition coefficient (Wildman–Crippen LogP) is 2.92. The average molecular weight is 373 g/mol. The molecule has 1 aromatic rings. The van der Waals surface area contributed by atoms with Crippen LogP contribution in [-0.2, 0) is 9.53 Å². The Kier molecular flexibility index (Phi) is 6.32. The first-order chi connectivity index (χ1) is 13.0. The number of esters is 1. The molecule has 7 heteroatoms. The summed E-state index contributed by atoms with van der Waals surface area (Å²) in [7, 11) is 0. The lowest BCUT2D eigenvalue weighted by molar-refractivity contribution is -0.139. The molecule has 0 bridgehead atoms. The van der Waals surface area contributed by atoms with Crippen molar-refractivity contribution in [2.45, 2.75) is 57.6 Å². The van der Waals surface area contributed by atoms with E-state index in [0.29, 0.717) is 11.3 Å². The fourth-order valence-corrected chi connectivity index (χ4v) is 3.10. The summed E-state index contributed by atoms with van der Waals surface area (Å²) in [6.45, 7) is 3.07. The van der Waals surface area contributed by atoms with Crippen molar-refractivity contribution < 1.29 is 19.1 Å². The molecular weight excluding hydrogens is 346 g/mol. The van der Waals surface area contributed by atoms with Gasteiger partial charge in [0.25, 0.3) is 5.91 Å². The highest BCUT2D eigenvalue weighted by molar-refractivity contribution is 5.94. The molecule has 3 rings (SSSR count). The molecule has 1 aromatic carbocycles. The molecule has 0 spiro atoms. The van der Waals surface area contributed by atoms with Gasteiger partial charge in [0.05, 0.1) is 5.56 Å². The van der Waals surface area contributed by atoms with Crippen molar-refractivity contribution in [1.29, 1.82) is 0 Å². The molecule has 0 radical (unpaired) electrons. The van der Waals surface area contributed by atoms with E-state index in [1.54, 1.807) is 36.1 Å². The number of amides is 3. The van der Waals surface area contributed by atoms with Gasteiger partial charge in [0.2, 0.25) is 0 Å². The normalized spacial score (nSPS) is 18.2. The summed E-state index contributed by atoms with van der Waals surface area (Å²) in [4.78, 5) is 38.3. The van der Waals surface area contributed by atoms with Crippen molar-refractivity contribution in [2.24, 2.45) is 0 Å². The van der Waals surface area contributed by atoms with Crippen LogP contribution in [0.15, 0.2) is 24.3 Å². The van der Waals surface area contributed by atoms with Crippen LogP contribution in [-0.4, -0.2) is 48.0 Å². The van der Waals surface area contributed by atoms with Gasteiger partial charge in [-0.05, 0) is 56.9 Å². The first-order valence-electron chi connectivity index (χ1n) is 9.70. The van der Waals surface area contributed by atoms with Crippen LogP contribution in [0.2, 0.25) is 0 Å². The number of nitrogens with one attached hydrogen (secondary N) is 2. The van der Waals surface area contributed by atoms with E-state index in [4.69, 9.17) is 4.74 Å². The number of anilines is 1. The van der Waals surface area contributed by atoms with E-state index in [1.165, 1.54) is 0 Å². The number of carbonyl (C=O) groups is 3. The third-order valence-corrected chi connectivity index (χ3v) is 4.84. The van der Waals surface area contributed by atoms with Crippen molar-refractivity contribution in [3.05, 3.63) is 29.8 Å². The Bertz CT molecular complexity index is 677. The number of benzene rings is 1. The minimum Gasteiger partial charge on any atom is -0.449 e. The summed E-state index contributed by atoms with van der Waals surface area (Å²) in [5.41, 5.74) is 0.942. The lowest BCUT2D eigenvalue weighted by atomic mass is 10.2. The molecule has 1 aliphatic heterocycles. The van der Waals surface area contributed by atoms with Gasteiger partial charge in [-0.25, -0.2) is 9.59 Å².